The van der Waals surface area contributed by atoms with E-state index >= 15 is 0 Å². The van der Waals surface area contributed by atoms with Gasteiger partial charge >= 0.3 is 0 Å². The van der Waals surface area contributed by atoms with Crippen molar-refractivity contribution >= 4 is 17.8 Å². The number of rotatable bonds is 5. The van der Waals surface area contributed by atoms with Crippen LogP contribution in [0.15, 0.2) is 65.8 Å². The Morgan fingerprint density at radius 1 is 1.05 bits per heavy atom. The fourth-order valence-corrected chi connectivity index (χ4v) is 2.69. The molecule has 0 spiro atoms. The van der Waals surface area contributed by atoms with E-state index in [1.54, 1.807) is 16.4 Å². The molecule has 0 bridgehead atoms. The van der Waals surface area contributed by atoms with Gasteiger partial charge in [0.15, 0.2) is 0 Å². The van der Waals surface area contributed by atoms with Crippen LogP contribution in [0, 0.1) is 6.92 Å². The van der Waals surface area contributed by atoms with Crippen molar-refractivity contribution < 1.29 is 0 Å². The first-order valence-corrected chi connectivity index (χ1v) is 8.01. The monoisotopic (exact) mass is 308 g/mol. The van der Waals surface area contributed by atoms with E-state index in [0.717, 1.165) is 16.6 Å². The molecule has 4 nitrogen and oxygen atoms in total. The van der Waals surface area contributed by atoms with Gasteiger partial charge < -0.3 is 0 Å². The highest BCUT2D eigenvalue weighted by atomic mass is 32.2. The summed E-state index contributed by atoms with van der Waals surface area (Å²) in [6.07, 6.45) is 4.22. The van der Waals surface area contributed by atoms with Gasteiger partial charge in [0.2, 0.25) is 5.16 Å². The molecule has 0 saturated carbocycles. The van der Waals surface area contributed by atoms with E-state index < -0.39 is 0 Å². The third-order valence-electron chi connectivity index (χ3n) is 3.14. The van der Waals surface area contributed by atoms with Crippen molar-refractivity contribution in [3.8, 4) is 5.69 Å². The van der Waals surface area contributed by atoms with Crippen molar-refractivity contribution in [2.75, 3.05) is 5.75 Å². The molecule has 22 heavy (non-hydrogen) atoms. The lowest BCUT2D eigenvalue weighted by molar-refractivity contribution is 0.756. The normalized spacial score (nSPS) is 11.1. The SMILES string of the molecule is Cc1ccc(-n2nnnc2SC/C=C/c2ccccc2)cc1. The van der Waals surface area contributed by atoms with Crippen molar-refractivity contribution in [2.45, 2.75) is 12.1 Å². The first kappa shape index (κ1) is 14.5. The zero-order valence-corrected chi connectivity index (χ0v) is 13.1. The Kier molecular flexibility index (Phi) is 4.65. The van der Waals surface area contributed by atoms with Crippen LogP contribution in [0.5, 0.6) is 0 Å². The van der Waals surface area contributed by atoms with E-state index in [2.05, 4.69) is 58.9 Å². The Labute approximate surface area is 133 Å². The second-order valence-electron chi connectivity index (χ2n) is 4.83. The van der Waals surface area contributed by atoms with E-state index in [4.69, 9.17) is 0 Å². The molecule has 0 N–H and O–H groups in total. The van der Waals surface area contributed by atoms with E-state index in [1.165, 1.54) is 11.1 Å². The van der Waals surface area contributed by atoms with Crippen LogP contribution in [0.25, 0.3) is 11.8 Å². The first-order valence-electron chi connectivity index (χ1n) is 7.03. The maximum absolute atomic E-state index is 4.09. The minimum absolute atomic E-state index is 0.793. The average Bonchev–Trinajstić information content (AvgIpc) is 3.02. The Morgan fingerprint density at radius 2 is 1.82 bits per heavy atom. The molecule has 0 fully saturated rings. The number of aryl methyl sites for hydroxylation is 1. The number of hydrogen-bond donors (Lipinski definition) is 0. The van der Waals surface area contributed by atoms with Crippen LogP contribution in [-0.2, 0) is 0 Å². The number of hydrogen-bond acceptors (Lipinski definition) is 4. The molecular weight excluding hydrogens is 292 g/mol. The third kappa shape index (κ3) is 3.62. The molecule has 1 heterocycles. The standard InChI is InChI=1S/C17H16N4S/c1-14-9-11-16(12-10-14)21-17(18-19-20-21)22-13-5-8-15-6-3-2-4-7-15/h2-12H,13H2,1H3/b8-5+. The number of aromatic nitrogens is 4. The third-order valence-corrected chi connectivity index (χ3v) is 4.01. The molecule has 0 radical (unpaired) electrons. The summed E-state index contributed by atoms with van der Waals surface area (Å²) in [4.78, 5) is 0. The summed E-state index contributed by atoms with van der Waals surface area (Å²) in [7, 11) is 0. The molecule has 0 amide bonds. The Morgan fingerprint density at radius 3 is 2.59 bits per heavy atom. The van der Waals surface area contributed by atoms with Crippen LogP contribution in [0.4, 0.5) is 0 Å². The topological polar surface area (TPSA) is 43.6 Å². The number of nitrogens with zero attached hydrogens (tertiary/aromatic N) is 4. The van der Waals surface area contributed by atoms with Gasteiger partial charge in [-0.1, -0.05) is 71.9 Å². The molecule has 2 aromatic carbocycles. The Bertz CT molecular complexity index is 748. The molecular formula is C17H16N4S. The van der Waals surface area contributed by atoms with Gasteiger partial charge in [0.1, 0.15) is 0 Å². The molecule has 0 aliphatic heterocycles. The number of tetrazole rings is 1. The van der Waals surface area contributed by atoms with Gasteiger partial charge in [0.25, 0.3) is 0 Å². The lowest BCUT2D eigenvalue weighted by atomic mass is 10.2. The van der Waals surface area contributed by atoms with Crippen LogP contribution in [-0.4, -0.2) is 26.0 Å². The largest absolute Gasteiger partial charge is 0.214 e. The maximum atomic E-state index is 4.09. The van der Waals surface area contributed by atoms with E-state index in [9.17, 15) is 0 Å². The fraction of sp³-hybridized carbons (Fsp3) is 0.118. The zero-order valence-electron chi connectivity index (χ0n) is 12.3. The van der Waals surface area contributed by atoms with Crippen LogP contribution in [0.1, 0.15) is 11.1 Å². The van der Waals surface area contributed by atoms with Crippen molar-refractivity contribution in [3.63, 3.8) is 0 Å². The highest BCUT2D eigenvalue weighted by Crippen LogP contribution is 2.18. The molecule has 0 atom stereocenters. The maximum Gasteiger partial charge on any atom is 0.214 e. The van der Waals surface area contributed by atoms with E-state index in [0.29, 0.717) is 0 Å². The van der Waals surface area contributed by atoms with Crippen LogP contribution in [0.2, 0.25) is 0 Å². The summed E-state index contributed by atoms with van der Waals surface area (Å²) in [5, 5.41) is 12.7. The first-order chi connectivity index (χ1) is 10.8. The van der Waals surface area contributed by atoms with Gasteiger partial charge in [0.05, 0.1) is 5.69 Å². The zero-order chi connectivity index (χ0) is 15.2. The van der Waals surface area contributed by atoms with Crippen LogP contribution in [0.3, 0.4) is 0 Å². The summed E-state index contributed by atoms with van der Waals surface area (Å²) in [5.41, 5.74) is 3.39. The lowest BCUT2D eigenvalue weighted by Gasteiger charge is -2.03. The summed E-state index contributed by atoms with van der Waals surface area (Å²) < 4.78 is 1.76. The molecule has 3 aromatic rings. The lowest BCUT2D eigenvalue weighted by Crippen LogP contribution is -1.98. The molecule has 0 saturated heterocycles. The average molecular weight is 308 g/mol. The molecule has 0 aliphatic rings. The second-order valence-corrected chi connectivity index (χ2v) is 5.82. The Balaban J connectivity index is 1.66. The number of thioether (sulfide) groups is 1. The Hall–Kier alpha value is -2.40. The van der Waals surface area contributed by atoms with Crippen LogP contribution >= 0.6 is 11.8 Å². The molecule has 3 rings (SSSR count). The summed E-state index contributed by atoms with van der Waals surface area (Å²) in [6, 6.07) is 18.4. The van der Waals surface area contributed by atoms with Gasteiger partial charge in [0, 0.05) is 5.75 Å². The molecule has 1 aromatic heterocycles. The second kappa shape index (κ2) is 7.04. The molecule has 110 valence electrons. The minimum atomic E-state index is 0.793. The summed E-state index contributed by atoms with van der Waals surface area (Å²) in [6.45, 7) is 2.06. The van der Waals surface area contributed by atoms with E-state index in [1.807, 2.05) is 30.3 Å². The van der Waals surface area contributed by atoms with Gasteiger partial charge in [-0.25, -0.2) is 0 Å². The van der Waals surface area contributed by atoms with Gasteiger partial charge in [-0.15, -0.1) is 5.10 Å². The predicted molar refractivity (Wildman–Crippen MR) is 90.1 cm³/mol. The molecule has 0 unspecified atom stereocenters. The molecule has 5 heteroatoms. The van der Waals surface area contributed by atoms with Crippen molar-refractivity contribution in [1.29, 1.82) is 0 Å². The van der Waals surface area contributed by atoms with Crippen molar-refractivity contribution in [1.82, 2.24) is 20.2 Å². The molecule has 0 aliphatic carbocycles. The van der Waals surface area contributed by atoms with Crippen LogP contribution < -0.4 is 0 Å². The fourth-order valence-electron chi connectivity index (χ4n) is 1.99. The highest BCUT2D eigenvalue weighted by Gasteiger charge is 2.07. The van der Waals surface area contributed by atoms with Crippen molar-refractivity contribution in [2.24, 2.45) is 0 Å². The van der Waals surface area contributed by atoms with Crippen molar-refractivity contribution in [3.05, 3.63) is 71.8 Å². The van der Waals surface area contributed by atoms with E-state index in [-0.39, 0.29) is 0 Å². The number of benzene rings is 2. The highest BCUT2D eigenvalue weighted by molar-refractivity contribution is 7.99. The predicted octanol–water partition coefficient (Wildman–Crippen LogP) is 3.78. The van der Waals surface area contributed by atoms with Gasteiger partial charge in [-0.3, -0.25) is 0 Å². The summed E-state index contributed by atoms with van der Waals surface area (Å²) in [5.74, 6) is 0.821. The summed E-state index contributed by atoms with van der Waals surface area (Å²) >= 11 is 1.61. The van der Waals surface area contributed by atoms with Gasteiger partial charge in [-0.05, 0) is 35.0 Å². The minimum Gasteiger partial charge on any atom is -0.188 e. The van der Waals surface area contributed by atoms with Gasteiger partial charge in [-0.2, -0.15) is 4.68 Å². The quantitative estimate of drug-likeness (QED) is 0.673. The smallest absolute Gasteiger partial charge is 0.188 e.